The van der Waals surface area contributed by atoms with E-state index >= 15 is 0 Å². The maximum Gasteiger partial charge on any atom is 0.337 e. The van der Waals surface area contributed by atoms with E-state index in [9.17, 15) is 9.59 Å². The third-order valence-corrected chi connectivity index (χ3v) is 3.00. The van der Waals surface area contributed by atoms with Gasteiger partial charge in [0.15, 0.2) is 0 Å². The van der Waals surface area contributed by atoms with Crippen molar-refractivity contribution in [3.63, 3.8) is 0 Å². The number of urea groups is 1. The lowest BCUT2D eigenvalue weighted by atomic mass is 10.2. The van der Waals surface area contributed by atoms with Crippen molar-refractivity contribution < 1.29 is 14.7 Å². The number of halogens is 1. The SMILES string of the molecule is Cc1ccc(NC(=O)Nc2cc(Cl)ccc2C(=O)O)cc1. The lowest BCUT2D eigenvalue weighted by Crippen LogP contribution is -2.21. The van der Waals surface area contributed by atoms with Crippen molar-refractivity contribution in [3.05, 3.63) is 58.6 Å². The van der Waals surface area contributed by atoms with Crippen LogP contribution in [-0.2, 0) is 0 Å². The molecule has 3 N–H and O–H groups in total. The summed E-state index contributed by atoms with van der Waals surface area (Å²) in [6, 6.07) is 10.9. The van der Waals surface area contributed by atoms with E-state index in [1.54, 1.807) is 12.1 Å². The van der Waals surface area contributed by atoms with E-state index in [1.807, 2.05) is 19.1 Å². The summed E-state index contributed by atoms with van der Waals surface area (Å²) in [6.07, 6.45) is 0. The summed E-state index contributed by atoms with van der Waals surface area (Å²) in [7, 11) is 0. The van der Waals surface area contributed by atoms with Gasteiger partial charge in [-0.15, -0.1) is 0 Å². The number of rotatable bonds is 3. The molecule has 6 heteroatoms. The summed E-state index contributed by atoms with van der Waals surface area (Å²) in [5.74, 6) is -1.14. The molecule has 0 bridgehead atoms. The highest BCUT2D eigenvalue weighted by molar-refractivity contribution is 6.31. The highest BCUT2D eigenvalue weighted by atomic mass is 35.5. The lowest BCUT2D eigenvalue weighted by Gasteiger charge is -2.10. The molecule has 2 amide bonds. The highest BCUT2D eigenvalue weighted by Gasteiger charge is 2.13. The zero-order chi connectivity index (χ0) is 15.4. The molecule has 0 heterocycles. The van der Waals surface area contributed by atoms with Gasteiger partial charge in [-0.1, -0.05) is 29.3 Å². The minimum absolute atomic E-state index is 0.0292. The average molecular weight is 305 g/mol. The van der Waals surface area contributed by atoms with Gasteiger partial charge >= 0.3 is 12.0 Å². The van der Waals surface area contributed by atoms with Crippen molar-refractivity contribution >= 4 is 35.0 Å². The summed E-state index contributed by atoms with van der Waals surface area (Å²) < 4.78 is 0. The molecule has 0 aromatic heterocycles. The Kier molecular flexibility index (Phi) is 4.45. The van der Waals surface area contributed by atoms with Crippen molar-refractivity contribution in [1.29, 1.82) is 0 Å². The zero-order valence-electron chi connectivity index (χ0n) is 11.2. The Hall–Kier alpha value is -2.53. The van der Waals surface area contributed by atoms with E-state index in [0.29, 0.717) is 10.7 Å². The Balaban J connectivity index is 2.14. The molecule has 0 fully saturated rings. The van der Waals surface area contributed by atoms with Crippen molar-refractivity contribution in [2.45, 2.75) is 6.92 Å². The van der Waals surface area contributed by atoms with Crippen LogP contribution < -0.4 is 10.6 Å². The number of carbonyl (C=O) groups is 2. The molecule has 21 heavy (non-hydrogen) atoms. The third-order valence-electron chi connectivity index (χ3n) is 2.77. The van der Waals surface area contributed by atoms with E-state index in [-0.39, 0.29) is 11.3 Å². The number of aryl methyl sites for hydroxylation is 1. The minimum Gasteiger partial charge on any atom is -0.478 e. The molecule has 0 aliphatic heterocycles. The number of hydrogen-bond donors (Lipinski definition) is 3. The van der Waals surface area contributed by atoms with Crippen molar-refractivity contribution in [2.24, 2.45) is 0 Å². The molecule has 2 aromatic carbocycles. The van der Waals surface area contributed by atoms with Crippen LogP contribution in [0.15, 0.2) is 42.5 Å². The van der Waals surface area contributed by atoms with E-state index in [2.05, 4.69) is 10.6 Å². The second kappa shape index (κ2) is 6.28. The van der Waals surface area contributed by atoms with E-state index in [4.69, 9.17) is 16.7 Å². The molecule has 0 radical (unpaired) electrons. The normalized spacial score (nSPS) is 10.0. The van der Waals surface area contributed by atoms with Crippen molar-refractivity contribution in [3.8, 4) is 0 Å². The van der Waals surface area contributed by atoms with Crippen LogP contribution in [0.3, 0.4) is 0 Å². The molecular weight excluding hydrogens is 292 g/mol. The Bertz CT molecular complexity index is 684. The molecule has 0 atom stereocenters. The molecule has 0 saturated carbocycles. The fourth-order valence-electron chi connectivity index (χ4n) is 1.73. The van der Waals surface area contributed by atoms with Gasteiger partial charge in [-0.25, -0.2) is 9.59 Å². The molecular formula is C15H13ClN2O3. The molecule has 2 aromatic rings. The molecule has 0 saturated heterocycles. The van der Waals surface area contributed by atoms with E-state index in [0.717, 1.165) is 5.56 Å². The van der Waals surface area contributed by atoms with Gasteiger partial charge in [-0.05, 0) is 37.3 Å². The monoisotopic (exact) mass is 304 g/mol. The fraction of sp³-hybridized carbons (Fsp3) is 0.0667. The van der Waals surface area contributed by atoms with E-state index < -0.39 is 12.0 Å². The Labute approximate surface area is 126 Å². The average Bonchev–Trinajstić information content (AvgIpc) is 2.41. The number of carbonyl (C=O) groups excluding carboxylic acids is 1. The molecule has 0 aliphatic rings. The van der Waals surface area contributed by atoms with Crippen LogP contribution in [0.25, 0.3) is 0 Å². The van der Waals surface area contributed by atoms with Gasteiger partial charge in [-0.2, -0.15) is 0 Å². The first-order chi connectivity index (χ1) is 9.95. The molecule has 108 valence electrons. The topological polar surface area (TPSA) is 78.4 Å². The van der Waals surface area contributed by atoms with Crippen LogP contribution in [-0.4, -0.2) is 17.1 Å². The summed E-state index contributed by atoms with van der Waals surface area (Å²) in [4.78, 5) is 23.0. The molecule has 0 spiro atoms. The van der Waals surface area contributed by atoms with Crippen LogP contribution in [0.1, 0.15) is 15.9 Å². The summed E-state index contributed by atoms with van der Waals surface area (Å²) in [5, 5.41) is 14.5. The Morgan fingerprint density at radius 3 is 2.33 bits per heavy atom. The van der Waals surface area contributed by atoms with Crippen molar-refractivity contribution in [1.82, 2.24) is 0 Å². The van der Waals surface area contributed by atoms with Gasteiger partial charge in [0.05, 0.1) is 11.3 Å². The Morgan fingerprint density at radius 2 is 1.71 bits per heavy atom. The fourth-order valence-corrected chi connectivity index (χ4v) is 1.90. The lowest BCUT2D eigenvalue weighted by molar-refractivity contribution is 0.0698. The maximum absolute atomic E-state index is 11.9. The van der Waals surface area contributed by atoms with Gasteiger partial charge < -0.3 is 15.7 Å². The molecule has 0 aliphatic carbocycles. The maximum atomic E-state index is 11.9. The van der Waals surface area contributed by atoms with Gasteiger partial charge in [0.2, 0.25) is 0 Å². The smallest absolute Gasteiger partial charge is 0.337 e. The first-order valence-electron chi connectivity index (χ1n) is 6.13. The van der Waals surface area contributed by atoms with Gasteiger partial charge in [0.1, 0.15) is 0 Å². The number of hydrogen-bond acceptors (Lipinski definition) is 2. The zero-order valence-corrected chi connectivity index (χ0v) is 11.9. The molecule has 0 unspecified atom stereocenters. The third kappa shape index (κ3) is 3.97. The quantitative estimate of drug-likeness (QED) is 0.802. The number of nitrogens with one attached hydrogen (secondary N) is 2. The molecule has 2 rings (SSSR count). The first-order valence-corrected chi connectivity index (χ1v) is 6.51. The van der Waals surface area contributed by atoms with E-state index in [1.165, 1.54) is 18.2 Å². The Morgan fingerprint density at radius 1 is 1.05 bits per heavy atom. The highest BCUT2D eigenvalue weighted by Crippen LogP contribution is 2.21. The minimum atomic E-state index is -1.14. The van der Waals surface area contributed by atoms with Gasteiger partial charge in [0, 0.05) is 10.7 Å². The predicted octanol–water partition coefficient (Wildman–Crippen LogP) is 3.99. The molecule has 5 nitrogen and oxygen atoms in total. The van der Waals surface area contributed by atoms with Crippen LogP contribution >= 0.6 is 11.6 Å². The summed E-state index contributed by atoms with van der Waals surface area (Å²) >= 11 is 5.82. The standard InChI is InChI=1S/C15H13ClN2O3/c1-9-2-5-11(6-3-9)17-15(21)18-13-8-10(16)4-7-12(13)14(19)20/h2-8H,1H3,(H,19,20)(H2,17,18,21). The number of amides is 2. The summed E-state index contributed by atoms with van der Waals surface area (Å²) in [5.41, 5.74) is 1.79. The first kappa shape index (κ1) is 14.9. The van der Waals surface area contributed by atoms with Crippen LogP contribution in [0.4, 0.5) is 16.2 Å². The largest absolute Gasteiger partial charge is 0.478 e. The number of benzene rings is 2. The number of aromatic carboxylic acids is 1. The predicted molar refractivity (Wildman–Crippen MR) is 82.2 cm³/mol. The van der Waals surface area contributed by atoms with Gasteiger partial charge in [0.25, 0.3) is 0 Å². The van der Waals surface area contributed by atoms with Gasteiger partial charge in [-0.3, -0.25) is 0 Å². The summed E-state index contributed by atoms with van der Waals surface area (Å²) in [6.45, 7) is 1.94. The van der Waals surface area contributed by atoms with Crippen LogP contribution in [0.5, 0.6) is 0 Å². The number of carboxylic acid groups (broad SMARTS) is 1. The van der Waals surface area contributed by atoms with Crippen LogP contribution in [0.2, 0.25) is 5.02 Å². The van der Waals surface area contributed by atoms with Crippen molar-refractivity contribution in [2.75, 3.05) is 10.6 Å². The van der Waals surface area contributed by atoms with Crippen LogP contribution in [0, 0.1) is 6.92 Å². The second-order valence-corrected chi connectivity index (χ2v) is 4.88. The number of carboxylic acids is 1. The number of anilines is 2. The second-order valence-electron chi connectivity index (χ2n) is 4.44.